The lowest BCUT2D eigenvalue weighted by Gasteiger charge is -2.33. The lowest BCUT2D eigenvalue weighted by molar-refractivity contribution is -0.115. The first-order valence-corrected chi connectivity index (χ1v) is 12.9. The largest absolute Gasteiger partial charge is 0.525 e. The van der Waals surface area contributed by atoms with Crippen LogP contribution in [0.2, 0.25) is 0 Å². The Morgan fingerprint density at radius 1 is 1.16 bits per heavy atom. The molecule has 3 aromatic rings. The third kappa shape index (κ3) is 4.58. The zero-order valence-electron chi connectivity index (χ0n) is 21.7. The van der Waals surface area contributed by atoms with Crippen LogP contribution >= 0.6 is 0 Å². The number of pyridine rings is 1. The quantitative estimate of drug-likeness (QED) is 0.337. The Kier molecular flexibility index (Phi) is 7.19. The van der Waals surface area contributed by atoms with Gasteiger partial charge in [-0.15, -0.1) is 0 Å². The summed E-state index contributed by atoms with van der Waals surface area (Å²) < 4.78 is 12.9. The molecular weight excluding hydrogens is 470 g/mol. The molecule has 2 aromatic heterocycles. The molecule has 0 aliphatic carbocycles. The molecule has 1 atom stereocenters. The topological polar surface area (TPSA) is 86.5 Å². The Morgan fingerprint density at radius 2 is 1.95 bits per heavy atom. The van der Waals surface area contributed by atoms with Gasteiger partial charge in [0.15, 0.2) is 11.5 Å². The van der Waals surface area contributed by atoms with Crippen LogP contribution in [-0.2, 0) is 14.3 Å². The molecular formula is C28H34N5O4+. The summed E-state index contributed by atoms with van der Waals surface area (Å²) in [5, 5.41) is 0. The fourth-order valence-corrected chi connectivity index (χ4v) is 5.73. The number of ketones is 1. The maximum Gasteiger partial charge on any atom is 0.525 e. The highest BCUT2D eigenvalue weighted by molar-refractivity contribution is 6.25. The van der Waals surface area contributed by atoms with Gasteiger partial charge in [0.05, 0.1) is 43.1 Å². The van der Waals surface area contributed by atoms with E-state index in [0.717, 1.165) is 54.0 Å². The van der Waals surface area contributed by atoms with Crippen LogP contribution in [0.15, 0.2) is 48.9 Å². The number of carbonyl (C=O) groups is 2. The molecule has 9 heteroatoms. The second-order valence-electron chi connectivity index (χ2n) is 9.64. The zero-order valence-corrected chi connectivity index (χ0v) is 21.7. The van der Waals surface area contributed by atoms with Crippen molar-refractivity contribution in [3.63, 3.8) is 0 Å². The van der Waals surface area contributed by atoms with Crippen molar-refractivity contribution in [3.8, 4) is 0 Å². The van der Waals surface area contributed by atoms with Crippen LogP contribution in [0.4, 0.5) is 10.5 Å². The van der Waals surface area contributed by atoms with Gasteiger partial charge in [0.1, 0.15) is 24.1 Å². The number of quaternary nitrogens is 1. The van der Waals surface area contributed by atoms with Crippen LogP contribution < -0.4 is 4.48 Å². The van der Waals surface area contributed by atoms with Crippen molar-refractivity contribution in [1.82, 2.24) is 23.9 Å². The molecule has 0 N–H and O–H groups in total. The second kappa shape index (κ2) is 10.5. The van der Waals surface area contributed by atoms with Gasteiger partial charge in [-0.3, -0.25) is 14.7 Å². The number of para-hydroxylation sites is 1. The third-order valence-electron chi connectivity index (χ3n) is 7.52. The number of aromatic nitrogens is 3. The number of aryl methyl sites for hydroxylation is 1. The number of Topliss-reactive ketones (excluding diaryl/α,β-unsaturated/α-hetero) is 1. The Labute approximate surface area is 216 Å². The van der Waals surface area contributed by atoms with Gasteiger partial charge in [0.2, 0.25) is 0 Å². The van der Waals surface area contributed by atoms with Crippen LogP contribution in [-0.4, -0.2) is 77.8 Å². The standard InChI is InChI=1S/C28H34N5O4/c1-4-37-16-15-33(28(35)36-3)19-23(22-7-5-6-8-26(22)33)27(34)18-31-13-10-21(11-14-31)32-20(2)30-24-17-29-12-9-25(24)32/h5-9,12,17,19,21H,4,10-11,13-16,18H2,1-3H3/q+1. The minimum Gasteiger partial charge on any atom is -0.423 e. The molecule has 0 spiro atoms. The third-order valence-corrected chi connectivity index (χ3v) is 7.52. The van der Waals surface area contributed by atoms with E-state index >= 15 is 0 Å². The molecule has 4 heterocycles. The first-order chi connectivity index (χ1) is 18.0. The molecule has 9 nitrogen and oxygen atoms in total. The van der Waals surface area contributed by atoms with Crippen molar-refractivity contribution in [2.45, 2.75) is 32.7 Å². The molecule has 1 fully saturated rings. The van der Waals surface area contributed by atoms with Crippen molar-refractivity contribution in [3.05, 3.63) is 60.3 Å². The number of piperidine rings is 1. The van der Waals surface area contributed by atoms with Gasteiger partial charge in [-0.1, -0.05) is 12.1 Å². The summed E-state index contributed by atoms with van der Waals surface area (Å²) >= 11 is 0. The highest BCUT2D eigenvalue weighted by Gasteiger charge is 2.48. The van der Waals surface area contributed by atoms with Gasteiger partial charge in [0, 0.05) is 38.0 Å². The van der Waals surface area contributed by atoms with E-state index in [1.165, 1.54) is 7.11 Å². The SMILES string of the molecule is CCOCC[N+]1(C(=O)OC)C=C(C(=O)CN2CCC(n3c(C)nc4cnccc43)CC2)c2ccccc21. The van der Waals surface area contributed by atoms with Crippen molar-refractivity contribution in [1.29, 1.82) is 0 Å². The van der Waals surface area contributed by atoms with E-state index in [0.29, 0.717) is 37.9 Å². The molecule has 1 unspecified atom stereocenters. The lowest BCUT2D eigenvalue weighted by atomic mass is 10.0. The van der Waals surface area contributed by atoms with Crippen molar-refractivity contribution < 1.29 is 19.1 Å². The Morgan fingerprint density at radius 3 is 2.70 bits per heavy atom. The van der Waals surface area contributed by atoms with Crippen molar-refractivity contribution >= 4 is 34.2 Å². The molecule has 1 aromatic carbocycles. The summed E-state index contributed by atoms with van der Waals surface area (Å²) in [5.74, 6) is 1.01. The molecule has 1 saturated heterocycles. The van der Waals surface area contributed by atoms with E-state index in [4.69, 9.17) is 9.47 Å². The number of ether oxygens (including phenoxy) is 2. The normalized spacial score (nSPS) is 20.1. The highest BCUT2D eigenvalue weighted by atomic mass is 16.5. The van der Waals surface area contributed by atoms with Gasteiger partial charge in [-0.05, 0) is 38.8 Å². The number of likely N-dealkylation sites (tertiary alicyclic amines) is 1. The van der Waals surface area contributed by atoms with Gasteiger partial charge in [-0.25, -0.2) is 4.98 Å². The number of hydrogen-bond donors (Lipinski definition) is 0. The zero-order chi connectivity index (χ0) is 26.0. The number of benzene rings is 1. The number of nitrogens with zero attached hydrogens (tertiary/aromatic N) is 5. The van der Waals surface area contributed by atoms with Crippen LogP contribution in [0.25, 0.3) is 16.6 Å². The predicted octanol–water partition coefficient (Wildman–Crippen LogP) is 4.11. The van der Waals surface area contributed by atoms with E-state index in [1.54, 1.807) is 12.4 Å². The van der Waals surface area contributed by atoms with E-state index in [9.17, 15) is 9.59 Å². The summed E-state index contributed by atoms with van der Waals surface area (Å²) in [6.07, 6.45) is 6.83. The Balaban J connectivity index is 1.32. The molecule has 2 aliphatic heterocycles. The Hall–Kier alpha value is -3.40. The number of fused-ring (bicyclic) bond motifs is 2. The number of amides is 1. The highest BCUT2D eigenvalue weighted by Crippen LogP contribution is 2.41. The molecule has 37 heavy (non-hydrogen) atoms. The fraction of sp³-hybridized carbons (Fsp3) is 0.429. The van der Waals surface area contributed by atoms with Crippen molar-refractivity contribution in [2.24, 2.45) is 0 Å². The van der Waals surface area contributed by atoms with E-state index in [1.807, 2.05) is 50.4 Å². The molecule has 194 valence electrons. The maximum atomic E-state index is 13.6. The molecule has 2 aliphatic rings. The summed E-state index contributed by atoms with van der Waals surface area (Å²) in [6, 6.07) is 9.96. The van der Waals surface area contributed by atoms with Gasteiger partial charge >= 0.3 is 6.09 Å². The summed E-state index contributed by atoms with van der Waals surface area (Å²) in [4.78, 5) is 37.7. The molecule has 0 radical (unpaired) electrons. The number of imidazole rings is 1. The number of rotatable bonds is 8. The van der Waals surface area contributed by atoms with Crippen molar-refractivity contribution in [2.75, 3.05) is 46.5 Å². The summed E-state index contributed by atoms with van der Waals surface area (Å²) in [6.45, 7) is 7.21. The molecule has 0 bridgehead atoms. The first kappa shape index (κ1) is 25.3. The van der Waals surface area contributed by atoms with Gasteiger partial charge in [0.25, 0.3) is 0 Å². The predicted molar refractivity (Wildman–Crippen MR) is 142 cm³/mol. The average Bonchev–Trinajstić information content (AvgIpc) is 3.44. The summed E-state index contributed by atoms with van der Waals surface area (Å²) in [5.41, 5.74) is 4.15. The number of carbonyl (C=O) groups excluding carboxylic acids is 2. The fourth-order valence-electron chi connectivity index (χ4n) is 5.73. The van der Waals surface area contributed by atoms with Crippen LogP contribution in [0, 0.1) is 6.92 Å². The second-order valence-corrected chi connectivity index (χ2v) is 9.64. The van der Waals surface area contributed by atoms with E-state index in [-0.39, 0.29) is 10.3 Å². The molecule has 1 amide bonds. The first-order valence-electron chi connectivity index (χ1n) is 12.9. The molecule has 0 saturated carbocycles. The van der Waals surface area contributed by atoms with E-state index in [2.05, 4.69) is 19.4 Å². The number of methoxy groups -OCH3 is 1. The van der Waals surface area contributed by atoms with Crippen LogP contribution in [0.3, 0.4) is 0 Å². The smallest absolute Gasteiger partial charge is 0.423 e. The minimum atomic E-state index is -0.422. The lowest BCUT2D eigenvalue weighted by Crippen LogP contribution is -2.50. The average molecular weight is 505 g/mol. The van der Waals surface area contributed by atoms with Gasteiger partial charge < -0.3 is 14.0 Å². The van der Waals surface area contributed by atoms with Gasteiger partial charge in [-0.2, -0.15) is 9.28 Å². The van der Waals surface area contributed by atoms with Crippen LogP contribution in [0.5, 0.6) is 0 Å². The molecule has 5 rings (SSSR count). The Bertz CT molecular complexity index is 1340. The minimum absolute atomic E-state index is 0.0153. The maximum absolute atomic E-state index is 13.6. The number of hydrogen-bond acceptors (Lipinski definition) is 7. The monoisotopic (exact) mass is 504 g/mol. The van der Waals surface area contributed by atoms with E-state index < -0.39 is 6.09 Å². The van der Waals surface area contributed by atoms with Crippen LogP contribution in [0.1, 0.15) is 37.2 Å². The summed E-state index contributed by atoms with van der Waals surface area (Å²) in [7, 11) is 1.38.